The van der Waals surface area contributed by atoms with Gasteiger partial charge in [-0.15, -0.1) is 12.4 Å². The third kappa shape index (κ3) is 4.45. The lowest BCUT2D eigenvalue weighted by atomic mass is 10.1. The van der Waals surface area contributed by atoms with Crippen LogP contribution in [0.4, 0.5) is 0 Å². The maximum Gasteiger partial charge on any atom is 0.243 e. The lowest BCUT2D eigenvalue weighted by Gasteiger charge is -2.25. The number of amides is 2. The van der Waals surface area contributed by atoms with Gasteiger partial charge in [0.15, 0.2) is 0 Å². The van der Waals surface area contributed by atoms with E-state index in [1.807, 2.05) is 30.3 Å². The van der Waals surface area contributed by atoms with E-state index >= 15 is 0 Å². The molecule has 2 amide bonds. The molecule has 0 aromatic heterocycles. The van der Waals surface area contributed by atoms with Crippen LogP contribution in [0, 0.1) is 0 Å². The first-order chi connectivity index (χ1) is 10.7. The maximum atomic E-state index is 12.5. The molecule has 0 spiro atoms. The Bertz CT molecular complexity index is 532. The summed E-state index contributed by atoms with van der Waals surface area (Å²) in [5.41, 5.74) is 0.999. The van der Waals surface area contributed by atoms with Gasteiger partial charge in [-0.25, -0.2) is 0 Å². The van der Waals surface area contributed by atoms with Crippen LogP contribution in [0.15, 0.2) is 30.3 Å². The van der Waals surface area contributed by atoms with E-state index in [0.717, 1.165) is 37.9 Å². The van der Waals surface area contributed by atoms with E-state index < -0.39 is 0 Å². The number of nitrogens with one attached hydrogen (secondary N) is 2. The topological polar surface area (TPSA) is 61.4 Å². The molecule has 2 N–H and O–H groups in total. The highest BCUT2D eigenvalue weighted by Crippen LogP contribution is 2.19. The predicted octanol–water partition coefficient (Wildman–Crippen LogP) is 1.12. The van der Waals surface area contributed by atoms with E-state index in [4.69, 9.17) is 0 Å². The molecule has 2 aliphatic rings. The molecule has 1 aromatic carbocycles. The van der Waals surface area contributed by atoms with Crippen molar-refractivity contribution < 1.29 is 9.59 Å². The van der Waals surface area contributed by atoms with Crippen LogP contribution in [0.5, 0.6) is 0 Å². The number of carbonyl (C=O) groups excluding carboxylic acids is 2. The molecule has 3 rings (SSSR count). The van der Waals surface area contributed by atoms with Crippen molar-refractivity contribution in [1.29, 1.82) is 0 Å². The monoisotopic (exact) mass is 337 g/mol. The fourth-order valence-electron chi connectivity index (χ4n) is 3.29. The van der Waals surface area contributed by atoms with E-state index in [1.165, 1.54) is 0 Å². The Balaban J connectivity index is 0.00000192. The van der Waals surface area contributed by atoms with Crippen LogP contribution >= 0.6 is 12.4 Å². The fourth-order valence-corrected chi connectivity index (χ4v) is 3.29. The molecule has 2 fully saturated rings. The smallest absolute Gasteiger partial charge is 0.243 e. The summed E-state index contributed by atoms with van der Waals surface area (Å²) < 4.78 is 0. The van der Waals surface area contributed by atoms with E-state index in [9.17, 15) is 9.59 Å². The Kier molecular flexibility index (Phi) is 6.42. The molecule has 126 valence electrons. The van der Waals surface area contributed by atoms with E-state index in [-0.39, 0.29) is 36.3 Å². The van der Waals surface area contributed by atoms with Crippen LogP contribution in [-0.4, -0.2) is 48.4 Å². The van der Waals surface area contributed by atoms with Crippen molar-refractivity contribution >= 4 is 24.2 Å². The molecular weight excluding hydrogens is 314 g/mol. The maximum absolute atomic E-state index is 12.5. The van der Waals surface area contributed by atoms with E-state index in [0.29, 0.717) is 13.0 Å². The normalized spacial score (nSPS) is 23.4. The number of likely N-dealkylation sites (tertiary alicyclic amines) is 1. The minimum Gasteiger partial charge on any atom is -0.350 e. The lowest BCUT2D eigenvalue weighted by molar-refractivity contribution is -0.138. The highest BCUT2D eigenvalue weighted by Gasteiger charge is 2.34. The Labute approximate surface area is 143 Å². The van der Waals surface area contributed by atoms with Gasteiger partial charge in [0.1, 0.15) is 6.04 Å². The highest BCUT2D eigenvalue weighted by atomic mass is 35.5. The van der Waals surface area contributed by atoms with Gasteiger partial charge in [0.2, 0.25) is 11.8 Å². The summed E-state index contributed by atoms with van der Waals surface area (Å²) in [6.07, 6.45) is 3.01. The third-order valence-electron chi connectivity index (χ3n) is 4.48. The lowest BCUT2D eigenvalue weighted by Crippen LogP contribution is -2.49. The number of halogens is 1. The number of carbonyl (C=O) groups is 2. The molecule has 2 aliphatic heterocycles. The summed E-state index contributed by atoms with van der Waals surface area (Å²) in [6.45, 7) is 2.47. The van der Waals surface area contributed by atoms with Crippen molar-refractivity contribution in [2.75, 3.05) is 19.6 Å². The van der Waals surface area contributed by atoms with Crippen molar-refractivity contribution in [3.8, 4) is 0 Å². The molecule has 2 heterocycles. The van der Waals surface area contributed by atoms with E-state index in [1.54, 1.807) is 4.90 Å². The summed E-state index contributed by atoms with van der Waals surface area (Å²) in [6, 6.07) is 9.63. The second kappa shape index (κ2) is 8.31. The Morgan fingerprint density at radius 2 is 2.00 bits per heavy atom. The largest absolute Gasteiger partial charge is 0.350 e. The van der Waals surface area contributed by atoms with Gasteiger partial charge in [0, 0.05) is 19.1 Å². The third-order valence-corrected chi connectivity index (χ3v) is 4.48. The van der Waals surface area contributed by atoms with Crippen molar-refractivity contribution in [3.05, 3.63) is 35.9 Å². The van der Waals surface area contributed by atoms with Crippen LogP contribution in [0.3, 0.4) is 0 Å². The van der Waals surface area contributed by atoms with Gasteiger partial charge < -0.3 is 15.5 Å². The molecule has 5 nitrogen and oxygen atoms in total. The summed E-state index contributed by atoms with van der Waals surface area (Å²) in [5.74, 6) is 0.0565. The van der Waals surface area contributed by atoms with Crippen LogP contribution < -0.4 is 10.6 Å². The first kappa shape index (κ1) is 17.8. The van der Waals surface area contributed by atoms with Gasteiger partial charge in [-0.1, -0.05) is 30.3 Å². The van der Waals surface area contributed by atoms with Gasteiger partial charge in [0.05, 0.1) is 6.42 Å². The number of hydrogen-bond donors (Lipinski definition) is 2. The molecule has 0 bridgehead atoms. The second-order valence-corrected chi connectivity index (χ2v) is 6.11. The quantitative estimate of drug-likeness (QED) is 0.865. The summed E-state index contributed by atoms with van der Waals surface area (Å²) in [5, 5.41) is 6.31. The molecule has 0 aliphatic carbocycles. The van der Waals surface area contributed by atoms with E-state index in [2.05, 4.69) is 10.6 Å². The Morgan fingerprint density at radius 3 is 2.70 bits per heavy atom. The van der Waals surface area contributed by atoms with Gasteiger partial charge in [-0.3, -0.25) is 9.59 Å². The molecule has 2 saturated heterocycles. The SMILES string of the molecule is Cl.O=C(NC1CCNC1)C1CCCN1C(=O)Cc1ccccc1. The number of rotatable bonds is 4. The standard InChI is InChI=1S/C17H23N3O2.ClH/c21-16(11-13-5-2-1-3-6-13)20-10-4-7-15(20)17(22)19-14-8-9-18-12-14;/h1-3,5-6,14-15,18H,4,7-12H2,(H,19,22);1H. The van der Waals surface area contributed by atoms with Crippen LogP contribution in [0.2, 0.25) is 0 Å². The molecule has 1 aromatic rings. The first-order valence-electron chi connectivity index (χ1n) is 8.08. The highest BCUT2D eigenvalue weighted by molar-refractivity contribution is 5.89. The first-order valence-corrected chi connectivity index (χ1v) is 8.08. The Morgan fingerprint density at radius 1 is 1.22 bits per heavy atom. The van der Waals surface area contributed by atoms with Crippen molar-refractivity contribution in [1.82, 2.24) is 15.5 Å². The van der Waals surface area contributed by atoms with Gasteiger partial charge >= 0.3 is 0 Å². The van der Waals surface area contributed by atoms with Crippen molar-refractivity contribution in [2.24, 2.45) is 0 Å². The van der Waals surface area contributed by atoms with Gasteiger partial charge in [0.25, 0.3) is 0 Å². The minimum absolute atomic E-state index is 0. The summed E-state index contributed by atoms with van der Waals surface area (Å²) >= 11 is 0. The van der Waals surface area contributed by atoms with Crippen LogP contribution in [-0.2, 0) is 16.0 Å². The zero-order valence-electron chi connectivity index (χ0n) is 13.2. The van der Waals surface area contributed by atoms with Crippen LogP contribution in [0.1, 0.15) is 24.8 Å². The molecule has 2 unspecified atom stereocenters. The zero-order valence-corrected chi connectivity index (χ0v) is 14.0. The predicted molar refractivity (Wildman–Crippen MR) is 91.5 cm³/mol. The summed E-state index contributed by atoms with van der Waals surface area (Å²) in [4.78, 5) is 26.7. The zero-order chi connectivity index (χ0) is 15.4. The van der Waals surface area contributed by atoms with Crippen molar-refractivity contribution in [2.45, 2.75) is 37.8 Å². The number of nitrogens with zero attached hydrogens (tertiary/aromatic N) is 1. The average Bonchev–Trinajstić information content (AvgIpc) is 3.19. The molecule has 0 radical (unpaired) electrons. The molecule has 2 atom stereocenters. The average molecular weight is 338 g/mol. The summed E-state index contributed by atoms with van der Waals surface area (Å²) in [7, 11) is 0. The second-order valence-electron chi connectivity index (χ2n) is 6.11. The van der Waals surface area contributed by atoms with Gasteiger partial charge in [-0.2, -0.15) is 0 Å². The molecular formula is C17H24ClN3O2. The molecule has 0 saturated carbocycles. The number of benzene rings is 1. The fraction of sp³-hybridized carbons (Fsp3) is 0.529. The minimum atomic E-state index is -0.295. The van der Waals surface area contributed by atoms with Gasteiger partial charge in [-0.05, 0) is 31.4 Å². The van der Waals surface area contributed by atoms with Crippen molar-refractivity contribution in [3.63, 3.8) is 0 Å². The van der Waals surface area contributed by atoms with Crippen LogP contribution in [0.25, 0.3) is 0 Å². The molecule has 23 heavy (non-hydrogen) atoms. The number of hydrogen-bond acceptors (Lipinski definition) is 3. The molecule has 6 heteroatoms. The Hall–Kier alpha value is -1.59.